The fourth-order valence-corrected chi connectivity index (χ4v) is 4.53. The number of aryl methyl sites for hydroxylation is 4. The van der Waals surface area contributed by atoms with Gasteiger partial charge in [-0.3, -0.25) is 19.7 Å². The van der Waals surface area contributed by atoms with Gasteiger partial charge in [0.05, 0.1) is 15.7 Å². The van der Waals surface area contributed by atoms with E-state index in [1.54, 1.807) is 18.2 Å². The molecule has 0 aliphatic carbocycles. The minimum atomic E-state index is -0.847. The summed E-state index contributed by atoms with van der Waals surface area (Å²) in [6.07, 6.45) is 1.28. The van der Waals surface area contributed by atoms with E-state index in [1.165, 1.54) is 18.2 Å². The second-order valence-electron chi connectivity index (χ2n) is 9.20. The summed E-state index contributed by atoms with van der Waals surface area (Å²) in [6.45, 7) is 7.22. The summed E-state index contributed by atoms with van der Waals surface area (Å²) in [7, 11) is 0. The van der Waals surface area contributed by atoms with Gasteiger partial charge in [0.25, 0.3) is 17.7 Å². The molecular formula is C29H25Cl2N3O5. The minimum absolute atomic E-state index is 0.0691. The molecule has 0 saturated carbocycles. The van der Waals surface area contributed by atoms with Crippen molar-refractivity contribution in [3.05, 3.63) is 92.0 Å². The lowest BCUT2D eigenvalue weighted by Crippen LogP contribution is -2.54. The first-order chi connectivity index (χ1) is 18.4. The Morgan fingerprint density at radius 2 is 1.59 bits per heavy atom. The van der Waals surface area contributed by atoms with Gasteiger partial charge in [0.1, 0.15) is 5.57 Å². The van der Waals surface area contributed by atoms with Crippen LogP contribution in [0.4, 0.5) is 16.2 Å². The van der Waals surface area contributed by atoms with Crippen molar-refractivity contribution in [3.63, 3.8) is 0 Å². The largest absolute Gasteiger partial charge is 0.481 e. The smallest absolute Gasteiger partial charge is 0.335 e. The number of rotatable bonds is 6. The van der Waals surface area contributed by atoms with Crippen LogP contribution in [0.3, 0.4) is 0 Å². The number of nitrogens with one attached hydrogen (secondary N) is 2. The lowest BCUT2D eigenvalue weighted by Gasteiger charge is -2.27. The van der Waals surface area contributed by atoms with Crippen LogP contribution in [-0.2, 0) is 14.4 Å². The second-order valence-corrected chi connectivity index (χ2v) is 10.0. The summed E-state index contributed by atoms with van der Waals surface area (Å²) in [5.41, 5.74) is 4.83. The van der Waals surface area contributed by atoms with Crippen LogP contribution >= 0.6 is 23.2 Å². The molecule has 3 aromatic rings. The number of nitrogens with zero attached hydrogens (tertiary/aromatic N) is 1. The van der Waals surface area contributed by atoms with Crippen LogP contribution in [-0.4, -0.2) is 30.4 Å². The van der Waals surface area contributed by atoms with Crippen LogP contribution in [0.25, 0.3) is 6.08 Å². The van der Waals surface area contributed by atoms with Crippen LogP contribution in [0.2, 0.25) is 10.0 Å². The maximum Gasteiger partial charge on any atom is 0.335 e. The zero-order valence-electron chi connectivity index (χ0n) is 21.6. The van der Waals surface area contributed by atoms with Crippen LogP contribution in [0, 0.1) is 27.7 Å². The summed E-state index contributed by atoms with van der Waals surface area (Å²) < 4.78 is 5.57. The van der Waals surface area contributed by atoms with Crippen molar-refractivity contribution >= 4 is 64.4 Å². The number of anilines is 2. The molecule has 1 aliphatic rings. The van der Waals surface area contributed by atoms with Crippen molar-refractivity contribution < 1.29 is 23.9 Å². The van der Waals surface area contributed by atoms with Crippen LogP contribution in [0.1, 0.15) is 27.8 Å². The molecule has 200 valence electrons. The molecule has 1 saturated heterocycles. The Balaban J connectivity index is 1.53. The average Bonchev–Trinajstić information content (AvgIpc) is 2.85. The molecule has 1 heterocycles. The van der Waals surface area contributed by atoms with Crippen molar-refractivity contribution in [3.8, 4) is 5.75 Å². The Morgan fingerprint density at radius 3 is 2.26 bits per heavy atom. The molecule has 39 heavy (non-hydrogen) atoms. The van der Waals surface area contributed by atoms with E-state index in [0.717, 1.165) is 27.2 Å². The zero-order chi connectivity index (χ0) is 28.4. The third kappa shape index (κ3) is 6.13. The second kappa shape index (κ2) is 11.3. The Labute approximate surface area is 235 Å². The number of imide groups is 2. The van der Waals surface area contributed by atoms with Gasteiger partial charge >= 0.3 is 6.03 Å². The number of benzene rings is 3. The minimum Gasteiger partial charge on any atom is -0.481 e. The van der Waals surface area contributed by atoms with Gasteiger partial charge in [-0.25, -0.2) is 9.69 Å². The molecule has 5 amide bonds. The highest BCUT2D eigenvalue weighted by Crippen LogP contribution is 2.35. The number of hydrogen-bond acceptors (Lipinski definition) is 5. The molecule has 10 heteroatoms. The maximum absolute atomic E-state index is 13.2. The number of carbonyl (C=O) groups excluding carboxylic acids is 4. The molecule has 0 spiro atoms. The summed E-state index contributed by atoms with van der Waals surface area (Å²) in [6, 6.07) is 12.8. The van der Waals surface area contributed by atoms with E-state index in [-0.39, 0.29) is 28.0 Å². The van der Waals surface area contributed by atoms with E-state index in [2.05, 4.69) is 10.6 Å². The van der Waals surface area contributed by atoms with Crippen molar-refractivity contribution in [2.75, 3.05) is 16.8 Å². The lowest BCUT2D eigenvalue weighted by atomic mass is 10.0. The highest BCUT2D eigenvalue weighted by atomic mass is 35.5. The van der Waals surface area contributed by atoms with Gasteiger partial charge in [-0.05, 0) is 91.9 Å². The summed E-state index contributed by atoms with van der Waals surface area (Å²) >= 11 is 12.7. The molecule has 0 aromatic heterocycles. The Morgan fingerprint density at radius 1 is 0.923 bits per heavy atom. The fourth-order valence-electron chi connectivity index (χ4n) is 3.92. The van der Waals surface area contributed by atoms with Gasteiger partial charge in [-0.1, -0.05) is 41.4 Å². The predicted octanol–water partition coefficient (Wildman–Crippen LogP) is 5.91. The highest BCUT2D eigenvalue weighted by Gasteiger charge is 2.37. The summed E-state index contributed by atoms with van der Waals surface area (Å²) in [5.74, 6) is -1.96. The van der Waals surface area contributed by atoms with Crippen LogP contribution < -0.4 is 20.3 Å². The number of amides is 5. The molecule has 1 aliphatic heterocycles. The molecule has 2 N–H and O–H groups in total. The van der Waals surface area contributed by atoms with Crippen LogP contribution in [0.15, 0.2) is 54.1 Å². The summed E-state index contributed by atoms with van der Waals surface area (Å²) in [4.78, 5) is 51.6. The molecular weight excluding hydrogens is 541 g/mol. The molecule has 0 unspecified atom stereocenters. The number of ether oxygens (including phenoxy) is 1. The number of hydrogen-bond donors (Lipinski definition) is 2. The van der Waals surface area contributed by atoms with Gasteiger partial charge in [-0.2, -0.15) is 0 Å². The molecule has 0 bridgehead atoms. The van der Waals surface area contributed by atoms with Gasteiger partial charge < -0.3 is 10.1 Å². The Hall–Kier alpha value is -4.14. The third-order valence-electron chi connectivity index (χ3n) is 6.20. The Bertz CT molecular complexity index is 1540. The molecule has 1 fully saturated rings. The van der Waals surface area contributed by atoms with Crippen molar-refractivity contribution in [2.45, 2.75) is 27.7 Å². The van der Waals surface area contributed by atoms with E-state index in [1.807, 2.05) is 45.9 Å². The van der Waals surface area contributed by atoms with E-state index in [4.69, 9.17) is 27.9 Å². The first-order valence-electron chi connectivity index (χ1n) is 11.9. The fraction of sp³-hybridized carbons (Fsp3) is 0.172. The normalized spacial score (nSPS) is 14.5. The standard InChI is InChI=1S/C29H25Cl2N3O5/c1-15-5-6-17(3)24(9-15)32-25(35)14-39-26-22(30)12-19(13-23(26)31)11-21-27(36)33-29(38)34(28(21)37)20-8-7-16(2)18(4)10-20/h5-13H,14H2,1-4H3,(H,32,35)(H,33,36,38)/b21-11-. The number of halogens is 2. The molecule has 8 nitrogen and oxygen atoms in total. The number of carbonyl (C=O) groups is 4. The van der Waals surface area contributed by atoms with E-state index in [0.29, 0.717) is 16.9 Å². The molecule has 3 aromatic carbocycles. The monoisotopic (exact) mass is 565 g/mol. The number of urea groups is 1. The first-order valence-corrected chi connectivity index (χ1v) is 12.7. The van der Waals surface area contributed by atoms with E-state index < -0.39 is 23.8 Å². The van der Waals surface area contributed by atoms with Gasteiger partial charge in [0.2, 0.25) is 0 Å². The zero-order valence-corrected chi connectivity index (χ0v) is 23.2. The predicted molar refractivity (Wildman–Crippen MR) is 151 cm³/mol. The number of barbiturate groups is 1. The van der Waals surface area contributed by atoms with Crippen molar-refractivity contribution in [1.82, 2.24) is 5.32 Å². The Kier molecular flexibility index (Phi) is 8.09. The van der Waals surface area contributed by atoms with E-state index >= 15 is 0 Å². The van der Waals surface area contributed by atoms with Crippen molar-refractivity contribution in [2.24, 2.45) is 0 Å². The molecule has 0 radical (unpaired) electrons. The summed E-state index contributed by atoms with van der Waals surface area (Å²) in [5, 5.41) is 5.11. The average molecular weight is 566 g/mol. The maximum atomic E-state index is 13.2. The van der Waals surface area contributed by atoms with Gasteiger partial charge in [0.15, 0.2) is 12.4 Å². The quantitative estimate of drug-likeness (QED) is 0.285. The molecule has 0 atom stereocenters. The first kappa shape index (κ1) is 27.9. The van der Waals surface area contributed by atoms with Crippen LogP contribution in [0.5, 0.6) is 5.75 Å². The molecule has 4 rings (SSSR count). The van der Waals surface area contributed by atoms with Gasteiger partial charge in [-0.15, -0.1) is 0 Å². The highest BCUT2D eigenvalue weighted by molar-refractivity contribution is 6.40. The SMILES string of the molecule is Cc1ccc(C)c(NC(=O)COc2c(Cl)cc(/C=C3/C(=O)NC(=O)N(c4ccc(C)c(C)c4)C3=O)cc2Cl)c1. The van der Waals surface area contributed by atoms with Gasteiger partial charge in [0, 0.05) is 5.69 Å². The third-order valence-corrected chi connectivity index (χ3v) is 6.76. The topological polar surface area (TPSA) is 105 Å². The van der Waals surface area contributed by atoms with Crippen molar-refractivity contribution in [1.29, 1.82) is 0 Å². The lowest BCUT2D eigenvalue weighted by molar-refractivity contribution is -0.122. The van der Waals surface area contributed by atoms with E-state index in [9.17, 15) is 19.2 Å².